The van der Waals surface area contributed by atoms with E-state index in [9.17, 15) is 14.7 Å². The van der Waals surface area contributed by atoms with Gasteiger partial charge in [0.25, 0.3) is 0 Å². The Balaban J connectivity index is 1.23. The van der Waals surface area contributed by atoms with Crippen molar-refractivity contribution in [2.24, 2.45) is 5.92 Å². The molecule has 7 heteroatoms. The quantitative estimate of drug-likeness (QED) is 0.815. The number of hydrogen-bond acceptors (Lipinski definition) is 5. The highest BCUT2D eigenvalue weighted by Gasteiger charge is 2.28. The van der Waals surface area contributed by atoms with E-state index in [1.165, 1.54) is 11.1 Å². The van der Waals surface area contributed by atoms with Gasteiger partial charge in [-0.3, -0.25) is 19.4 Å². The molecule has 1 aromatic carbocycles. The Morgan fingerprint density at radius 2 is 1.93 bits per heavy atom. The van der Waals surface area contributed by atoms with Crippen molar-refractivity contribution in [1.29, 1.82) is 0 Å². The highest BCUT2D eigenvalue weighted by Crippen LogP contribution is 2.26. The van der Waals surface area contributed by atoms with E-state index in [2.05, 4.69) is 23.1 Å². The van der Waals surface area contributed by atoms with E-state index in [-0.39, 0.29) is 11.8 Å². The van der Waals surface area contributed by atoms with E-state index in [0.29, 0.717) is 19.5 Å². The lowest BCUT2D eigenvalue weighted by molar-refractivity contribution is -0.145. The maximum atomic E-state index is 12.6. The summed E-state index contributed by atoms with van der Waals surface area (Å²) < 4.78 is 5.57. The summed E-state index contributed by atoms with van der Waals surface area (Å²) in [6.07, 6.45) is 2.56. The van der Waals surface area contributed by atoms with Crippen LogP contribution in [0.4, 0.5) is 0 Å². The normalized spacial score (nSPS) is 23.3. The average Bonchev–Trinajstić information content (AvgIpc) is 3.16. The first-order valence-corrected chi connectivity index (χ1v) is 10.3. The van der Waals surface area contributed by atoms with Gasteiger partial charge in [-0.05, 0) is 36.6 Å². The van der Waals surface area contributed by atoms with Crippen LogP contribution in [-0.2, 0) is 22.6 Å². The molecule has 0 spiro atoms. The summed E-state index contributed by atoms with van der Waals surface area (Å²) in [5.74, 6) is 0.0578. The number of hydrogen-bond donors (Lipinski definition) is 1. The van der Waals surface area contributed by atoms with E-state index >= 15 is 0 Å². The highest BCUT2D eigenvalue weighted by molar-refractivity contribution is 5.78. The molecule has 7 nitrogen and oxygen atoms in total. The zero-order chi connectivity index (χ0) is 19.5. The van der Waals surface area contributed by atoms with Crippen molar-refractivity contribution in [3.05, 3.63) is 29.3 Å². The molecule has 1 unspecified atom stereocenters. The van der Waals surface area contributed by atoms with Gasteiger partial charge in [0.15, 0.2) is 0 Å². The Morgan fingerprint density at radius 1 is 1.11 bits per heavy atom. The zero-order valence-electron chi connectivity index (χ0n) is 16.3. The maximum absolute atomic E-state index is 12.6. The Labute approximate surface area is 165 Å². The molecular weight excluding hydrogens is 358 g/mol. The number of nitrogens with zero attached hydrogens (tertiary/aromatic N) is 3. The third-order valence-corrected chi connectivity index (χ3v) is 6.10. The number of amides is 1. The standard InChI is InChI=1S/C21H29N3O4/c25-20(15-23-6-1-2-18(14-23)21(26)27)24-9-7-22(8-10-24)13-16-3-4-19-17(12-16)5-11-28-19/h3-4,12,18H,1-2,5-11,13-15H2,(H,26,27). The van der Waals surface area contributed by atoms with Crippen LogP contribution in [-0.4, -0.2) is 84.1 Å². The van der Waals surface area contributed by atoms with E-state index in [1.807, 2.05) is 9.80 Å². The van der Waals surface area contributed by atoms with Crippen LogP contribution in [0.25, 0.3) is 0 Å². The highest BCUT2D eigenvalue weighted by atomic mass is 16.5. The summed E-state index contributed by atoms with van der Waals surface area (Å²) in [7, 11) is 0. The van der Waals surface area contributed by atoms with Gasteiger partial charge in [0, 0.05) is 45.7 Å². The molecule has 3 aliphatic heterocycles. The third kappa shape index (κ3) is 4.47. The van der Waals surface area contributed by atoms with Crippen LogP contribution >= 0.6 is 0 Å². The van der Waals surface area contributed by atoms with Crippen molar-refractivity contribution in [2.75, 3.05) is 52.4 Å². The van der Waals surface area contributed by atoms with Gasteiger partial charge in [0.2, 0.25) is 5.91 Å². The van der Waals surface area contributed by atoms with Gasteiger partial charge in [-0.2, -0.15) is 0 Å². The average molecular weight is 387 g/mol. The second-order valence-electron chi connectivity index (χ2n) is 8.11. The molecule has 3 aliphatic rings. The van der Waals surface area contributed by atoms with E-state index < -0.39 is 5.97 Å². The molecule has 0 bridgehead atoms. The lowest BCUT2D eigenvalue weighted by atomic mass is 9.98. The molecule has 3 heterocycles. The number of piperidine rings is 1. The number of ether oxygens (including phenoxy) is 1. The van der Waals surface area contributed by atoms with Crippen molar-refractivity contribution >= 4 is 11.9 Å². The molecule has 1 aromatic rings. The van der Waals surface area contributed by atoms with Gasteiger partial charge >= 0.3 is 5.97 Å². The number of likely N-dealkylation sites (tertiary alicyclic amines) is 1. The van der Waals surface area contributed by atoms with Crippen LogP contribution in [0, 0.1) is 5.92 Å². The fourth-order valence-electron chi connectivity index (χ4n) is 4.44. The minimum absolute atomic E-state index is 0.125. The predicted octanol–water partition coefficient (Wildman–Crippen LogP) is 1.06. The summed E-state index contributed by atoms with van der Waals surface area (Å²) in [6.45, 7) is 6.56. The lowest BCUT2D eigenvalue weighted by Crippen LogP contribution is -2.52. The molecular formula is C21H29N3O4. The maximum Gasteiger partial charge on any atom is 0.307 e. The number of carbonyl (C=O) groups is 2. The minimum Gasteiger partial charge on any atom is -0.493 e. The van der Waals surface area contributed by atoms with Gasteiger partial charge in [0.1, 0.15) is 5.75 Å². The second kappa shape index (κ2) is 8.49. The van der Waals surface area contributed by atoms with E-state index in [4.69, 9.17) is 4.74 Å². The van der Waals surface area contributed by atoms with Crippen LogP contribution in [0.15, 0.2) is 18.2 Å². The second-order valence-corrected chi connectivity index (χ2v) is 8.11. The number of piperazine rings is 1. The Morgan fingerprint density at radius 3 is 2.71 bits per heavy atom. The van der Waals surface area contributed by atoms with Gasteiger partial charge in [0.05, 0.1) is 19.1 Å². The molecule has 2 saturated heterocycles. The molecule has 0 aromatic heterocycles. The molecule has 2 fully saturated rings. The summed E-state index contributed by atoms with van der Waals surface area (Å²) in [5.41, 5.74) is 2.60. The molecule has 1 amide bonds. The molecule has 1 atom stereocenters. The SMILES string of the molecule is O=C(O)C1CCCN(CC(=O)N2CCN(Cc3ccc4c(c3)CCO4)CC2)C1. The van der Waals surface area contributed by atoms with Crippen molar-refractivity contribution in [1.82, 2.24) is 14.7 Å². The molecule has 152 valence electrons. The summed E-state index contributed by atoms with van der Waals surface area (Å²) in [6, 6.07) is 6.45. The number of benzene rings is 1. The number of rotatable bonds is 5. The van der Waals surface area contributed by atoms with Gasteiger partial charge in [-0.1, -0.05) is 12.1 Å². The number of carboxylic acids is 1. The Hall–Kier alpha value is -2.12. The first-order valence-electron chi connectivity index (χ1n) is 10.3. The number of carboxylic acid groups (broad SMARTS) is 1. The fourth-order valence-corrected chi connectivity index (χ4v) is 4.44. The van der Waals surface area contributed by atoms with E-state index in [1.54, 1.807) is 0 Å². The first kappa shape index (κ1) is 19.2. The molecule has 0 aliphatic carbocycles. The van der Waals surface area contributed by atoms with Crippen molar-refractivity contribution in [2.45, 2.75) is 25.8 Å². The van der Waals surface area contributed by atoms with Crippen molar-refractivity contribution in [3.8, 4) is 5.75 Å². The summed E-state index contributed by atoms with van der Waals surface area (Å²) in [4.78, 5) is 30.2. The largest absolute Gasteiger partial charge is 0.493 e. The lowest BCUT2D eigenvalue weighted by Gasteiger charge is -2.37. The predicted molar refractivity (Wildman–Crippen MR) is 104 cm³/mol. The number of fused-ring (bicyclic) bond motifs is 1. The van der Waals surface area contributed by atoms with Crippen LogP contribution in [0.1, 0.15) is 24.0 Å². The minimum atomic E-state index is -0.746. The summed E-state index contributed by atoms with van der Waals surface area (Å²) >= 11 is 0. The monoisotopic (exact) mass is 387 g/mol. The van der Waals surface area contributed by atoms with Crippen LogP contribution in [0.3, 0.4) is 0 Å². The Bertz CT molecular complexity index is 730. The van der Waals surface area contributed by atoms with Crippen molar-refractivity contribution < 1.29 is 19.4 Å². The van der Waals surface area contributed by atoms with Crippen LogP contribution in [0.5, 0.6) is 5.75 Å². The smallest absolute Gasteiger partial charge is 0.307 e. The molecule has 1 N–H and O–H groups in total. The zero-order valence-corrected chi connectivity index (χ0v) is 16.3. The first-order chi connectivity index (χ1) is 13.6. The van der Waals surface area contributed by atoms with Gasteiger partial charge in [-0.25, -0.2) is 0 Å². The molecule has 28 heavy (non-hydrogen) atoms. The molecule has 0 radical (unpaired) electrons. The Kier molecular flexibility index (Phi) is 5.82. The van der Waals surface area contributed by atoms with Crippen LogP contribution in [0.2, 0.25) is 0 Å². The van der Waals surface area contributed by atoms with Crippen LogP contribution < -0.4 is 4.74 Å². The molecule has 0 saturated carbocycles. The summed E-state index contributed by atoms with van der Waals surface area (Å²) in [5, 5.41) is 9.21. The van der Waals surface area contributed by atoms with Gasteiger partial charge in [-0.15, -0.1) is 0 Å². The third-order valence-electron chi connectivity index (χ3n) is 6.10. The number of carbonyl (C=O) groups excluding carboxylic acids is 1. The van der Waals surface area contributed by atoms with E-state index in [0.717, 1.165) is 64.5 Å². The van der Waals surface area contributed by atoms with Crippen molar-refractivity contribution in [3.63, 3.8) is 0 Å². The fraction of sp³-hybridized carbons (Fsp3) is 0.619. The number of aliphatic carboxylic acids is 1. The molecule has 4 rings (SSSR count). The van der Waals surface area contributed by atoms with Gasteiger partial charge < -0.3 is 14.7 Å². The topological polar surface area (TPSA) is 73.3 Å².